The van der Waals surface area contributed by atoms with Crippen molar-refractivity contribution in [2.75, 3.05) is 12.4 Å². The van der Waals surface area contributed by atoms with E-state index in [0.717, 1.165) is 21.7 Å². The number of carbonyl (C=O) groups excluding carboxylic acids is 1. The average molecular weight is 351 g/mol. The lowest BCUT2D eigenvalue weighted by Gasteiger charge is -2.06. The van der Waals surface area contributed by atoms with Crippen LogP contribution in [0, 0.1) is 0 Å². The van der Waals surface area contributed by atoms with Crippen LogP contribution < -0.4 is 10.1 Å². The number of ether oxygens (including phenoxy) is 1. The number of hydrogen-bond donors (Lipinski definition) is 1. The highest BCUT2D eigenvalue weighted by Gasteiger charge is 2.15. The first kappa shape index (κ1) is 15.3. The molecule has 3 aromatic heterocycles. The molecule has 1 amide bonds. The number of benzene rings is 1. The maximum absolute atomic E-state index is 12.6. The number of anilines is 1. The quantitative estimate of drug-likeness (QED) is 0.611. The highest BCUT2D eigenvalue weighted by atomic mass is 32.1. The van der Waals surface area contributed by atoms with Crippen molar-refractivity contribution in [3.63, 3.8) is 0 Å². The van der Waals surface area contributed by atoms with E-state index < -0.39 is 0 Å². The van der Waals surface area contributed by atoms with E-state index >= 15 is 0 Å². The molecule has 1 N–H and O–H groups in total. The molecule has 0 aliphatic rings. The van der Waals surface area contributed by atoms with Crippen molar-refractivity contribution in [3.05, 3.63) is 60.7 Å². The third kappa shape index (κ3) is 2.94. The predicted octanol–water partition coefficient (Wildman–Crippen LogP) is 3.14. The van der Waals surface area contributed by atoms with Crippen molar-refractivity contribution >= 4 is 32.6 Å². The molecular formula is C17H13N5O2S. The van der Waals surface area contributed by atoms with E-state index in [1.807, 2.05) is 18.2 Å². The van der Waals surface area contributed by atoms with Gasteiger partial charge in [0, 0.05) is 18.5 Å². The van der Waals surface area contributed by atoms with Gasteiger partial charge < -0.3 is 4.74 Å². The first-order valence-electron chi connectivity index (χ1n) is 7.45. The van der Waals surface area contributed by atoms with E-state index in [9.17, 15) is 4.79 Å². The van der Waals surface area contributed by atoms with Gasteiger partial charge in [0.25, 0.3) is 5.91 Å². The van der Waals surface area contributed by atoms with Crippen LogP contribution in [0.25, 0.3) is 15.9 Å². The number of rotatable bonds is 4. The van der Waals surface area contributed by atoms with E-state index in [1.54, 1.807) is 48.6 Å². The maximum Gasteiger partial charge on any atom is 0.276 e. The molecule has 3 heterocycles. The number of pyridine rings is 1. The molecule has 4 rings (SSSR count). The second kappa shape index (κ2) is 6.33. The normalized spacial score (nSPS) is 10.8. The van der Waals surface area contributed by atoms with E-state index in [0.29, 0.717) is 10.8 Å². The molecule has 0 bridgehead atoms. The third-order valence-electron chi connectivity index (χ3n) is 3.60. The van der Waals surface area contributed by atoms with Crippen LogP contribution >= 0.6 is 11.3 Å². The minimum atomic E-state index is -0.277. The van der Waals surface area contributed by atoms with Crippen molar-refractivity contribution in [1.82, 2.24) is 19.7 Å². The van der Waals surface area contributed by atoms with Crippen molar-refractivity contribution in [2.45, 2.75) is 0 Å². The molecule has 4 aromatic rings. The van der Waals surface area contributed by atoms with E-state index in [1.165, 1.54) is 11.3 Å². The molecule has 0 unspecified atom stereocenters. The molecule has 0 atom stereocenters. The van der Waals surface area contributed by atoms with Crippen molar-refractivity contribution in [2.24, 2.45) is 0 Å². The summed E-state index contributed by atoms with van der Waals surface area (Å²) in [6.07, 6.45) is 4.89. The van der Waals surface area contributed by atoms with Gasteiger partial charge in [-0.25, -0.2) is 9.67 Å². The zero-order valence-electron chi connectivity index (χ0n) is 13.2. The minimum Gasteiger partial charge on any atom is -0.497 e. The molecule has 0 fully saturated rings. The van der Waals surface area contributed by atoms with Gasteiger partial charge >= 0.3 is 0 Å². The zero-order valence-corrected chi connectivity index (χ0v) is 14.0. The summed E-state index contributed by atoms with van der Waals surface area (Å²) in [7, 11) is 1.61. The Morgan fingerprint density at radius 2 is 2.00 bits per heavy atom. The van der Waals surface area contributed by atoms with Gasteiger partial charge in [-0.15, -0.1) is 0 Å². The van der Waals surface area contributed by atoms with Crippen molar-refractivity contribution in [1.29, 1.82) is 0 Å². The molecule has 8 heteroatoms. The predicted molar refractivity (Wildman–Crippen MR) is 95.5 cm³/mol. The first-order chi connectivity index (χ1) is 12.2. The van der Waals surface area contributed by atoms with Gasteiger partial charge in [0.1, 0.15) is 11.4 Å². The molecule has 0 saturated carbocycles. The fraction of sp³-hybridized carbons (Fsp3) is 0.0588. The molecule has 0 saturated heterocycles. The Morgan fingerprint density at radius 3 is 2.80 bits per heavy atom. The van der Waals surface area contributed by atoms with Crippen molar-refractivity contribution in [3.8, 4) is 11.4 Å². The molecular weight excluding hydrogens is 338 g/mol. The van der Waals surface area contributed by atoms with Crippen LogP contribution in [0.3, 0.4) is 0 Å². The van der Waals surface area contributed by atoms with E-state index in [-0.39, 0.29) is 5.91 Å². The Morgan fingerprint density at radius 1 is 1.16 bits per heavy atom. The van der Waals surface area contributed by atoms with Gasteiger partial charge in [0.15, 0.2) is 5.13 Å². The first-order valence-corrected chi connectivity index (χ1v) is 8.26. The van der Waals surface area contributed by atoms with Crippen LogP contribution in [0.15, 0.2) is 55.0 Å². The van der Waals surface area contributed by atoms with Crippen LogP contribution in [-0.2, 0) is 0 Å². The zero-order chi connectivity index (χ0) is 17.2. The van der Waals surface area contributed by atoms with Gasteiger partial charge in [-0.05, 0) is 30.3 Å². The Hall–Kier alpha value is -3.26. The number of aromatic nitrogens is 4. The fourth-order valence-electron chi connectivity index (χ4n) is 2.42. The Balaban J connectivity index is 1.62. The Labute approximate surface area is 146 Å². The smallest absolute Gasteiger partial charge is 0.276 e. The second-order valence-corrected chi connectivity index (χ2v) is 6.17. The van der Waals surface area contributed by atoms with Crippen molar-refractivity contribution < 1.29 is 9.53 Å². The van der Waals surface area contributed by atoms with Crippen LogP contribution in [-0.4, -0.2) is 32.8 Å². The lowest BCUT2D eigenvalue weighted by molar-refractivity contribution is 0.101. The van der Waals surface area contributed by atoms with Gasteiger partial charge in [-0.3, -0.25) is 15.1 Å². The molecule has 7 nitrogen and oxygen atoms in total. The molecule has 1 aromatic carbocycles. The Kier molecular flexibility index (Phi) is 3.87. The summed E-state index contributed by atoms with van der Waals surface area (Å²) in [4.78, 5) is 21.0. The number of methoxy groups -OCH3 is 1. The summed E-state index contributed by atoms with van der Waals surface area (Å²) in [6.45, 7) is 0. The number of nitrogens with zero attached hydrogens (tertiary/aromatic N) is 4. The summed E-state index contributed by atoms with van der Waals surface area (Å²) in [5.74, 6) is 0.451. The van der Waals surface area contributed by atoms with Gasteiger partial charge in [-0.2, -0.15) is 5.10 Å². The average Bonchev–Trinajstić information content (AvgIpc) is 3.28. The summed E-state index contributed by atoms with van der Waals surface area (Å²) >= 11 is 1.41. The van der Waals surface area contributed by atoms with Crippen LogP contribution in [0.4, 0.5) is 5.13 Å². The number of thiazole rings is 1. The summed E-state index contributed by atoms with van der Waals surface area (Å²) in [5, 5.41) is 7.57. The van der Waals surface area contributed by atoms with E-state index in [4.69, 9.17) is 4.74 Å². The summed E-state index contributed by atoms with van der Waals surface area (Å²) in [5.41, 5.74) is 1.96. The fourth-order valence-corrected chi connectivity index (χ4v) is 3.26. The largest absolute Gasteiger partial charge is 0.497 e. The number of amides is 1. The number of carbonyl (C=O) groups is 1. The second-order valence-electron chi connectivity index (χ2n) is 5.14. The molecule has 0 aliphatic heterocycles. The SMILES string of the molecule is COc1ccc2sc(NC(=O)c3ccnn3-c3ccncc3)nc2c1. The topological polar surface area (TPSA) is 81.9 Å². The molecule has 0 radical (unpaired) electrons. The van der Waals surface area contributed by atoms with Gasteiger partial charge in [-0.1, -0.05) is 11.3 Å². The summed E-state index contributed by atoms with van der Waals surface area (Å²) < 4.78 is 7.73. The van der Waals surface area contributed by atoms with Gasteiger partial charge in [0.2, 0.25) is 0 Å². The number of hydrogen-bond acceptors (Lipinski definition) is 6. The van der Waals surface area contributed by atoms with Crippen LogP contribution in [0.2, 0.25) is 0 Å². The molecule has 25 heavy (non-hydrogen) atoms. The standard InChI is InChI=1S/C17H13N5O2S/c1-24-12-2-3-15-13(10-12)20-17(25-15)21-16(23)14-6-9-19-22(14)11-4-7-18-8-5-11/h2-10H,1H3,(H,20,21,23). The lowest BCUT2D eigenvalue weighted by atomic mass is 10.3. The molecule has 124 valence electrons. The molecule has 0 spiro atoms. The van der Waals surface area contributed by atoms with Crippen LogP contribution in [0.5, 0.6) is 5.75 Å². The minimum absolute atomic E-state index is 0.277. The van der Waals surface area contributed by atoms with Gasteiger partial charge in [0.05, 0.1) is 29.2 Å². The molecule has 0 aliphatic carbocycles. The van der Waals surface area contributed by atoms with E-state index in [2.05, 4.69) is 20.4 Å². The van der Waals surface area contributed by atoms with Crippen LogP contribution in [0.1, 0.15) is 10.5 Å². The highest BCUT2D eigenvalue weighted by Crippen LogP contribution is 2.29. The number of fused-ring (bicyclic) bond motifs is 1. The Bertz CT molecular complexity index is 1040. The lowest BCUT2D eigenvalue weighted by Crippen LogP contribution is -2.16. The summed E-state index contributed by atoms with van der Waals surface area (Å²) in [6, 6.07) is 10.9. The maximum atomic E-state index is 12.6. The highest BCUT2D eigenvalue weighted by molar-refractivity contribution is 7.22. The monoisotopic (exact) mass is 351 g/mol. The third-order valence-corrected chi connectivity index (χ3v) is 4.55. The number of nitrogens with one attached hydrogen (secondary N) is 1.